The number of pyridine rings is 1. The van der Waals surface area contributed by atoms with E-state index in [4.69, 9.17) is 10.5 Å². The van der Waals surface area contributed by atoms with E-state index in [-0.39, 0.29) is 17.4 Å². The molecule has 0 spiro atoms. The van der Waals surface area contributed by atoms with E-state index >= 15 is 0 Å². The molecule has 0 saturated carbocycles. The molecule has 0 atom stereocenters. The first kappa shape index (κ1) is 12.2. The van der Waals surface area contributed by atoms with Gasteiger partial charge in [0.15, 0.2) is 11.5 Å². The van der Waals surface area contributed by atoms with Gasteiger partial charge in [-0.25, -0.2) is 4.68 Å². The lowest BCUT2D eigenvalue weighted by Gasteiger charge is -2.07. The molecule has 0 aliphatic carbocycles. The van der Waals surface area contributed by atoms with Crippen LogP contribution in [0.4, 0.5) is 18.9 Å². The van der Waals surface area contributed by atoms with Gasteiger partial charge in [0.25, 0.3) is 0 Å². The van der Waals surface area contributed by atoms with E-state index in [0.29, 0.717) is 0 Å². The van der Waals surface area contributed by atoms with Crippen LogP contribution in [0.15, 0.2) is 24.4 Å². The van der Waals surface area contributed by atoms with Gasteiger partial charge in [0.2, 0.25) is 5.88 Å². The van der Waals surface area contributed by atoms with Gasteiger partial charge in [0.1, 0.15) is 0 Å². The highest BCUT2D eigenvalue weighted by atomic mass is 19.4. The van der Waals surface area contributed by atoms with Crippen molar-refractivity contribution in [3.8, 4) is 11.7 Å². The minimum atomic E-state index is -4.50. The van der Waals surface area contributed by atoms with Crippen molar-refractivity contribution in [1.82, 2.24) is 14.8 Å². The maximum atomic E-state index is 12.4. The lowest BCUT2D eigenvalue weighted by Crippen LogP contribution is -2.09. The zero-order chi connectivity index (χ0) is 13.3. The van der Waals surface area contributed by atoms with Gasteiger partial charge < -0.3 is 10.5 Å². The zero-order valence-corrected chi connectivity index (χ0v) is 9.27. The molecule has 0 radical (unpaired) electrons. The third kappa shape index (κ3) is 2.22. The molecule has 2 aromatic heterocycles. The molecular weight excluding hydrogens is 249 g/mol. The molecule has 0 saturated heterocycles. The SMILES string of the molecule is COc1ccc(N)c(-n2ccc(C(F)(F)F)n2)n1. The summed E-state index contributed by atoms with van der Waals surface area (Å²) < 4.78 is 43.1. The van der Waals surface area contributed by atoms with E-state index < -0.39 is 11.9 Å². The molecule has 0 aromatic carbocycles. The van der Waals surface area contributed by atoms with Crippen LogP contribution in [0.5, 0.6) is 5.88 Å². The van der Waals surface area contributed by atoms with Crippen LogP contribution in [0.3, 0.4) is 0 Å². The Balaban J connectivity index is 2.45. The lowest BCUT2D eigenvalue weighted by atomic mass is 10.4. The number of anilines is 1. The Bertz CT molecular complexity index is 564. The second-order valence-corrected chi connectivity index (χ2v) is 3.41. The Morgan fingerprint density at radius 1 is 1.28 bits per heavy atom. The highest BCUT2D eigenvalue weighted by molar-refractivity contribution is 5.53. The van der Waals surface area contributed by atoms with Gasteiger partial charge in [0.05, 0.1) is 12.8 Å². The maximum absolute atomic E-state index is 12.4. The molecule has 8 heteroatoms. The van der Waals surface area contributed by atoms with Crippen LogP contribution in [0.2, 0.25) is 0 Å². The number of nitrogens with two attached hydrogens (primary N) is 1. The van der Waals surface area contributed by atoms with E-state index in [1.54, 1.807) is 0 Å². The van der Waals surface area contributed by atoms with Crippen molar-refractivity contribution in [3.63, 3.8) is 0 Å². The highest BCUT2D eigenvalue weighted by Crippen LogP contribution is 2.28. The molecular formula is C10H9F3N4O. The van der Waals surface area contributed by atoms with Gasteiger partial charge in [-0.3, -0.25) is 0 Å². The largest absolute Gasteiger partial charge is 0.481 e. The van der Waals surface area contributed by atoms with Crippen LogP contribution in [-0.2, 0) is 6.18 Å². The fourth-order valence-corrected chi connectivity index (χ4v) is 1.33. The monoisotopic (exact) mass is 258 g/mol. The topological polar surface area (TPSA) is 66.0 Å². The number of methoxy groups -OCH3 is 1. The van der Waals surface area contributed by atoms with Crippen LogP contribution in [0.25, 0.3) is 5.82 Å². The first-order valence-electron chi connectivity index (χ1n) is 4.85. The second kappa shape index (κ2) is 4.21. The highest BCUT2D eigenvalue weighted by Gasteiger charge is 2.33. The number of hydrogen-bond acceptors (Lipinski definition) is 4. The van der Waals surface area contributed by atoms with Gasteiger partial charge in [-0.1, -0.05) is 0 Å². The first-order chi connectivity index (χ1) is 8.41. The van der Waals surface area contributed by atoms with E-state index in [1.807, 2.05) is 0 Å². The molecule has 0 fully saturated rings. The third-order valence-corrected chi connectivity index (χ3v) is 2.19. The van der Waals surface area contributed by atoms with Crippen molar-refractivity contribution in [2.75, 3.05) is 12.8 Å². The Labute approximate surface area is 100.0 Å². The molecule has 0 unspecified atom stereocenters. The quantitative estimate of drug-likeness (QED) is 0.893. The number of rotatable bonds is 2. The summed E-state index contributed by atoms with van der Waals surface area (Å²) in [5.41, 5.74) is 4.83. The Kier molecular flexibility index (Phi) is 2.85. The maximum Gasteiger partial charge on any atom is 0.435 e. The van der Waals surface area contributed by atoms with Crippen molar-refractivity contribution in [1.29, 1.82) is 0 Å². The summed E-state index contributed by atoms with van der Waals surface area (Å²) in [7, 11) is 1.40. The zero-order valence-electron chi connectivity index (χ0n) is 9.27. The average Bonchev–Trinajstić information content (AvgIpc) is 2.78. The summed E-state index contributed by atoms with van der Waals surface area (Å²) in [6, 6.07) is 3.84. The molecule has 0 aliphatic rings. The fraction of sp³-hybridized carbons (Fsp3) is 0.200. The molecule has 0 aliphatic heterocycles. The summed E-state index contributed by atoms with van der Waals surface area (Å²) in [6.07, 6.45) is -3.36. The van der Waals surface area contributed by atoms with Crippen LogP contribution in [-0.4, -0.2) is 21.9 Å². The van der Waals surface area contributed by atoms with E-state index in [2.05, 4.69) is 10.1 Å². The van der Waals surface area contributed by atoms with Gasteiger partial charge in [-0.15, -0.1) is 0 Å². The Morgan fingerprint density at radius 3 is 2.56 bits per heavy atom. The van der Waals surface area contributed by atoms with Crippen molar-refractivity contribution in [2.45, 2.75) is 6.18 Å². The van der Waals surface area contributed by atoms with Crippen molar-refractivity contribution in [3.05, 3.63) is 30.1 Å². The van der Waals surface area contributed by atoms with Gasteiger partial charge in [0, 0.05) is 12.3 Å². The number of nitrogens with zero attached hydrogens (tertiary/aromatic N) is 3. The van der Waals surface area contributed by atoms with Crippen LogP contribution >= 0.6 is 0 Å². The fourth-order valence-electron chi connectivity index (χ4n) is 1.33. The number of aromatic nitrogens is 3. The van der Waals surface area contributed by atoms with Crippen molar-refractivity contribution < 1.29 is 17.9 Å². The number of alkyl halides is 3. The molecule has 0 amide bonds. The van der Waals surface area contributed by atoms with Gasteiger partial charge >= 0.3 is 6.18 Å². The average molecular weight is 258 g/mol. The van der Waals surface area contributed by atoms with Crippen molar-refractivity contribution in [2.24, 2.45) is 0 Å². The summed E-state index contributed by atoms with van der Waals surface area (Å²) >= 11 is 0. The third-order valence-electron chi connectivity index (χ3n) is 2.19. The van der Waals surface area contributed by atoms with Gasteiger partial charge in [-0.05, 0) is 12.1 Å². The first-order valence-corrected chi connectivity index (χ1v) is 4.85. The van der Waals surface area contributed by atoms with Crippen LogP contribution in [0.1, 0.15) is 5.69 Å². The summed E-state index contributed by atoms with van der Waals surface area (Å²) in [5.74, 6) is 0.327. The molecule has 0 bridgehead atoms. The number of hydrogen-bond donors (Lipinski definition) is 1. The molecule has 2 N–H and O–H groups in total. The van der Waals surface area contributed by atoms with E-state index in [1.165, 1.54) is 19.2 Å². The standard InChI is InChI=1S/C10H9F3N4O/c1-18-8-3-2-6(14)9(15-8)17-5-4-7(16-17)10(11,12)13/h2-5H,14H2,1H3. The van der Waals surface area contributed by atoms with E-state index in [9.17, 15) is 13.2 Å². The molecule has 5 nitrogen and oxygen atoms in total. The predicted octanol–water partition coefficient (Wildman–Crippen LogP) is 1.88. The summed E-state index contributed by atoms with van der Waals surface area (Å²) in [5, 5.41) is 3.38. The minimum absolute atomic E-state index is 0.0878. The lowest BCUT2D eigenvalue weighted by molar-refractivity contribution is -0.141. The van der Waals surface area contributed by atoms with Crippen molar-refractivity contribution >= 4 is 5.69 Å². The molecule has 2 aromatic rings. The van der Waals surface area contributed by atoms with Crippen LogP contribution in [0, 0.1) is 0 Å². The number of nitrogen functional groups attached to an aromatic ring is 1. The van der Waals surface area contributed by atoms with E-state index in [0.717, 1.165) is 16.9 Å². The summed E-state index contributed by atoms with van der Waals surface area (Å²) in [6.45, 7) is 0. The normalized spacial score (nSPS) is 11.6. The molecule has 2 heterocycles. The summed E-state index contributed by atoms with van der Waals surface area (Å²) in [4.78, 5) is 3.94. The smallest absolute Gasteiger partial charge is 0.435 e. The van der Waals surface area contributed by atoms with Gasteiger partial charge in [-0.2, -0.15) is 23.3 Å². The molecule has 2 rings (SSSR count). The predicted molar refractivity (Wildman–Crippen MR) is 57.3 cm³/mol. The molecule has 96 valence electrons. The Hall–Kier alpha value is -2.25. The number of halogens is 3. The minimum Gasteiger partial charge on any atom is -0.481 e. The van der Waals surface area contributed by atoms with Crippen LogP contribution < -0.4 is 10.5 Å². The Morgan fingerprint density at radius 2 is 2.00 bits per heavy atom. The molecule has 18 heavy (non-hydrogen) atoms. The second-order valence-electron chi connectivity index (χ2n) is 3.41. The number of ether oxygens (including phenoxy) is 1.